The van der Waals surface area contributed by atoms with E-state index in [4.69, 9.17) is 9.47 Å². The van der Waals surface area contributed by atoms with E-state index in [1.54, 1.807) is 18.4 Å². The van der Waals surface area contributed by atoms with Gasteiger partial charge >= 0.3 is 0 Å². The van der Waals surface area contributed by atoms with Gasteiger partial charge in [0.2, 0.25) is 0 Å². The number of nitrogens with zero attached hydrogens (tertiary/aromatic N) is 1. The first-order chi connectivity index (χ1) is 9.31. The Morgan fingerprint density at radius 1 is 1.47 bits per heavy atom. The van der Waals surface area contributed by atoms with Gasteiger partial charge in [0.25, 0.3) is 0 Å². The molecular formula is C14H16N2O2S. The first kappa shape index (κ1) is 12.4. The highest BCUT2D eigenvalue weighted by Gasteiger charge is 2.30. The summed E-state index contributed by atoms with van der Waals surface area (Å²) >= 11 is 1.64. The molecule has 0 spiro atoms. The second-order valence-corrected chi connectivity index (χ2v) is 5.38. The van der Waals surface area contributed by atoms with Crippen LogP contribution in [0.1, 0.15) is 29.1 Å². The second-order valence-electron chi connectivity index (χ2n) is 4.46. The molecule has 100 valence electrons. The van der Waals surface area contributed by atoms with E-state index in [0.717, 1.165) is 28.5 Å². The third-order valence-corrected chi connectivity index (χ3v) is 4.25. The topological polar surface area (TPSA) is 43.4 Å². The van der Waals surface area contributed by atoms with Crippen LogP contribution in [0, 0.1) is 0 Å². The van der Waals surface area contributed by atoms with E-state index in [2.05, 4.69) is 10.3 Å². The maximum atomic E-state index is 6.06. The number of nitrogens with one attached hydrogen (secondary N) is 1. The molecule has 2 heterocycles. The van der Waals surface area contributed by atoms with E-state index in [9.17, 15) is 0 Å². The third kappa shape index (κ3) is 2.31. The SMILES string of the molecule is CNC1CC(c2nccs2)Oc2ccc(OC)cc21. The zero-order chi connectivity index (χ0) is 13.2. The molecule has 3 rings (SSSR count). The Kier molecular flexibility index (Phi) is 3.40. The fourth-order valence-corrected chi connectivity index (χ4v) is 3.07. The standard InChI is InChI=1S/C14H16N2O2S/c1-15-11-8-13(14-16-5-6-19-14)18-12-4-3-9(17-2)7-10(11)12/h3-7,11,13,15H,8H2,1-2H3. The lowest BCUT2D eigenvalue weighted by atomic mass is 9.96. The van der Waals surface area contributed by atoms with E-state index in [-0.39, 0.29) is 12.1 Å². The number of ether oxygens (including phenoxy) is 2. The molecule has 1 aromatic carbocycles. The molecule has 0 saturated heterocycles. The van der Waals surface area contributed by atoms with Gasteiger partial charge in [-0.05, 0) is 25.2 Å². The summed E-state index contributed by atoms with van der Waals surface area (Å²) in [5, 5.41) is 6.36. The lowest BCUT2D eigenvalue weighted by molar-refractivity contribution is 0.153. The van der Waals surface area contributed by atoms with Crippen molar-refractivity contribution in [2.45, 2.75) is 18.6 Å². The quantitative estimate of drug-likeness (QED) is 0.936. The fraction of sp³-hybridized carbons (Fsp3) is 0.357. The van der Waals surface area contributed by atoms with Gasteiger partial charge in [0.05, 0.1) is 7.11 Å². The van der Waals surface area contributed by atoms with Gasteiger partial charge in [-0.25, -0.2) is 4.98 Å². The Balaban J connectivity index is 1.95. The van der Waals surface area contributed by atoms with Crippen LogP contribution >= 0.6 is 11.3 Å². The molecule has 1 aliphatic rings. The number of rotatable bonds is 3. The van der Waals surface area contributed by atoms with Gasteiger partial charge in [0, 0.05) is 29.6 Å². The van der Waals surface area contributed by atoms with Crippen LogP contribution in [0.15, 0.2) is 29.8 Å². The molecule has 0 saturated carbocycles. The van der Waals surface area contributed by atoms with Crippen molar-refractivity contribution in [3.63, 3.8) is 0 Å². The molecule has 2 aromatic rings. The molecule has 2 unspecified atom stereocenters. The van der Waals surface area contributed by atoms with E-state index in [1.165, 1.54) is 0 Å². The van der Waals surface area contributed by atoms with E-state index >= 15 is 0 Å². The molecule has 2 atom stereocenters. The average Bonchev–Trinajstić information content (AvgIpc) is 2.99. The third-order valence-electron chi connectivity index (χ3n) is 3.39. The van der Waals surface area contributed by atoms with Gasteiger partial charge < -0.3 is 14.8 Å². The molecular weight excluding hydrogens is 260 g/mol. The smallest absolute Gasteiger partial charge is 0.152 e. The predicted molar refractivity (Wildman–Crippen MR) is 74.9 cm³/mol. The largest absolute Gasteiger partial charge is 0.497 e. The molecule has 0 amide bonds. The van der Waals surface area contributed by atoms with Crippen molar-refractivity contribution in [3.05, 3.63) is 40.3 Å². The molecule has 4 nitrogen and oxygen atoms in total. The van der Waals surface area contributed by atoms with Gasteiger partial charge in [-0.3, -0.25) is 0 Å². The second kappa shape index (κ2) is 5.19. The predicted octanol–water partition coefficient (Wildman–Crippen LogP) is 2.94. The minimum Gasteiger partial charge on any atom is -0.497 e. The van der Waals surface area contributed by atoms with Crippen molar-refractivity contribution in [3.8, 4) is 11.5 Å². The number of fused-ring (bicyclic) bond motifs is 1. The molecule has 0 radical (unpaired) electrons. The summed E-state index contributed by atoms with van der Waals surface area (Å²) in [4.78, 5) is 4.36. The van der Waals surface area contributed by atoms with Crippen LogP contribution in [-0.2, 0) is 0 Å². The molecule has 0 aliphatic carbocycles. The van der Waals surface area contributed by atoms with Crippen LogP contribution < -0.4 is 14.8 Å². The van der Waals surface area contributed by atoms with Crippen molar-refractivity contribution in [2.75, 3.05) is 14.2 Å². The lowest BCUT2D eigenvalue weighted by Crippen LogP contribution is -2.26. The van der Waals surface area contributed by atoms with Crippen LogP contribution in [0.5, 0.6) is 11.5 Å². The Labute approximate surface area is 116 Å². The highest BCUT2D eigenvalue weighted by molar-refractivity contribution is 7.09. The number of hydrogen-bond acceptors (Lipinski definition) is 5. The Morgan fingerprint density at radius 2 is 2.37 bits per heavy atom. The van der Waals surface area contributed by atoms with Crippen LogP contribution in [0.25, 0.3) is 0 Å². The lowest BCUT2D eigenvalue weighted by Gasteiger charge is -2.31. The van der Waals surface area contributed by atoms with Gasteiger partial charge in [-0.15, -0.1) is 11.3 Å². The highest BCUT2D eigenvalue weighted by Crippen LogP contribution is 2.42. The number of benzene rings is 1. The summed E-state index contributed by atoms with van der Waals surface area (Å²) in [6, 6.07) is 6.19. The Bertz CT molecular complexity index is 557. The normalized spacial score (nSPS) is 21.6. The van der Waals surface area contributed by atoms with Gasteiger partial charge in [-0.1, -0.05) is 0 Å². The summed E-state index contributed by atoms with van der Waals surface area (Å²) in [5.74, 6) is 1.77. The average molecular weight is 276 g/mol. The van der Waals surface area contributed by atoms with Gasteiger partial charge in [0.15, 0.2) is 6.10 Å². The molecule has 0 bridgehead atoms. The maximum absolute atomic E-state index is 6.06. The van der Waals surface area contributed by atoms with Crippen LogP contribution in [0.2, 0.25) is 0 Å². The van der Waals surface area contributed by atoms with Crippen LogP contribution in [0.4, 0.5) is 0 Å². The maximum Gasteiger partial charge on any atom is 0.152 e. The van der Waals surface area contributed by atoms with Crippen molar-refractivity contribution < 1.29 is 9.47 Å². The van der Waals surface area contributed by atoms with Crippen molar-refractivity contribution >= 4 is 11.3 Å². The zero-order valence-electron chi connectivity index (χ0n) is 10.9. The van der Waals surface area contributed by atoms with Crippen molar-refractivity contribution in [1.82, 2.24) is 10.3 Å². The molecule has 19 heavy (non-hydrogen) atoms. The molecule has 1 aromatic heterocycles. The first-order valence-electron chi connectivity index (χ1n) is 6.23. The molecule has 1 N–H and O–H groups in total. The molecule has 1 aliphatic heterocycles. The highest BCUT2D eigenvalue weighted by atomic mass is 32.1. The number of hydrogen-bond donors (Lipinski definition) is 1. The fourth-order valence-electron chi connectivity index (χ4n) is 2.39. The summed E-state index contributed by atoms with van der Waals surface area (Å²) in [7, 11) is 3.65. The van der Waals surface area contributed by atoms with E-state index < -0.39 is 0 Å². The van der Waals surface area contributed by atoms with Crippen LogP contribution in [-0.4, -0.2) is 19.1 Å². The van der Waals surface area contributed by atoms with Gasteiger partial charge in [0.1, 0.15) is 16.5 Å². The van der Waals surface area contributed by atoms with Crippen molar-refractivity contribution in [1.29, 1.82) is 0 Å². The number of thiazole rings is 1. The van der Waals surface area contributed by atoms with Crippen LogP contribution in [0.3, 0.4) is 0 Å². The van der Waals surface area contributed by atoms with E-state index in [0.29, 0.717) is 0 Å². The first-order valence-corrected chi connectivity index (χ1v) is 7.11. The summed E-state index contributed by atoms with van der Waals surface area (Å²) in [6.07, 6.45) is 2.73. The minimum atomic E-state index is 0.0262. The monoisotopic (exact) mass is 276 g/mol. The summed E-state index contributed by atoms with van der Waals surface area (Å²) in [6.45, 7) is 0. The molecule has 0 fully saturated rings. The number of aromatic nitrogens is 1. The van der Waals surface area contributed by atoms with Gasteiger partial charge in [-0.2, -0.15) is 0 Å². The zero-order valence-corrected chi connectivity index (χ0v) is 11.7. The molecule has 5 heteroatoms. The number of methoxy groups -OCH3 is 1. The Hall–Kier alpha value is -1.59. The minimum absolute atomic E-state index is 0.0262. The van der Waals surface area contributed by atoms with Crippen molar-refractivity contribution in [2.24, 2.45) is 0 Å². The summed E-state index contributed by atoms with van der Waals surface area (Å²) in [5.41, 5.74) is 1.15. The van der Waals surface area contributed by atoms with E-state index in [1.807, 2.05) is 36.8 Å². The summed E-state index contributed by atoms with van der Waals surface area (Å²) < 4.78 is 11.3. The Morgan fingerprint density at radius 3 is 3.05 bits per heavy atom.